The maximum absolute atomic E-state index is 15.2. The standard InChI is InChI=1S/C31H28F5O7P/c1-39-18-7-5-8-19(40-2)30(18)44(31-20(41-3)9-6-10-21(31)42-4)22-14-16(15-43-12-11-37)13-17(29(22)38)23-24(32)26(34)28(36)27(35)25(23)33/h5-10,13-14,37-38H,11-12,15H2,1-4H3. The predicted molar refractivity (Wildman–Crippen MR) is 155 cm³/mol. The van der Waals surface area contributed by atoms with Gasteiger partial charge < -0.3 is 33.9 Å². The lowest BCUT2D eigenvalue weighted by Crippen LogP contribution is -2.26. The second kappa shape index (κ2) is 14.1. The molecule has 0 aliphatic heterocycles. The van der Waals surface area contributed by atoms with Crippen LogP contribution < -0.4 is 34.9 Å². The Bertz CT molecular complexity index is 1540. The van der Waals surface area contributed by atoms with Gasteiger partial charge in [0.2, 0.25) is 5.82 Å². The summed E-state index contributed by atoms with van der Waals surface area (Å²) in [5.74, 6) is -10.6. The van der Waals surface area contributed by atoms with E-state index in [0.29, 0.717) is 33.6 Å². The minimum absolute atomic E-state index is 0.00496. The summed E-state index contributed by atoms with van der Waals surface area (Å²) >= 11 is 0. The lowest BCUT2D eigenvalue weighted by molar-refractivity contribution is 0.0816. The molecule has 7 nitrogen and oxygen atoms in total. The summed E-state index contributed by atoms with van der Waals surface area (Å²) in [5.41, 5.74) is -1.84. The summed E-state index contributed by atoms with van der Waals surface area (Å²) in [5, 5.41) is 21.8. The largest absolute Gasteiger partial charge is 0.507 e. The van der Waals surface area contributed by atoms with Gasteiger partial charge in [0.1, 0.15) is 28.7 Å². The topological polar surface area (TPSA) is 86.6 Å². The molecule has 0 atom stereocenters. The molecule has 0 aliphatic carbocycles. The number of methoxy groups -OCH3 is 4. The molecule has 0 radical (unpaired) electrons. The quantitative estimate of drug-likeness (QED) is 0.0739. The highest BCUT2D eigenvalue weighted by Crippen LogP contribution is 2.49. The SMILES string of the molecule is COc1cccc(OC)c1P(c1cc(COCCO)cc(-c2c(F)c(F)c(F)c(F)c2F)c1O)c1c(OC)cccc1OC. The molecule has 4 aromatic carbocycles. The number of ether oxygens (including phenoxy) is 5. The van der Waals surface area contributed by atoms with Crippen LogP contribution in [-0.2, 0) is 11.3 Å². The van der Waals surface area contributed by atoms with Gasteiger partial charge in [-0.05, 0) is 42.0 Å². The molecule has 0 fully saturated rings. The van der Waals surface area contributed by atoms with Crippen molar-refractivity contribution in [1.29, 1.82) is 0 Å². The average Bonchev–Trinajstić information content (AvgIpc) is 3.04. The molecule has 0 spiro atoms. The van der Waals surface area contributed by atoms with Crippen molar-refractivity contribution in [3.63, 3.8) is 0 Å². The summed E-state index contributed by atoms with van der Waals surface area (Å²) in [6.07, 6.45) is 0. The molecule has 4 aromatic rings. The predicted octanol–water partition coefficient (Wildman–Crippen LogP) is 5.06. The van der Waals surface area contributed by atoms with Gasteiger partial charge in [0, 0.05) is 18.8 Å². The van der Waals surface area contributed by atoms with Crippen LogP contribution in [0.2, 0.25) is 0 Å². The number of hydrogen-bond acceptors (Lipinski definition) is 7. The molecule has 0 saturated carbocycles. The fourth-order valence-electron chi connectivity index (χ4n) is 4.67. The number of aliphatic hydroxyl groups is 1. The molecule has 0 unspecified atom stereocenters. The lowest BCUT2D eigenvalue weighted by atomic mass is 10.00. The van der Waals surface area contributed by atoms with E-state index in [1.54, 1.807) is 36.4 Å². The van der Waals surface area contributed by atoms with Gasteiger partial charge in [0.05, 0.1) is 64.4 Å². The normalized spacial score (nSPS) is 11.2. The summed E-state index contributed by atoms with van der Waals surface area (Å²) in [6, 6.07) is 12.4. The Morgan fingerprint density at radius 3 is 1.50 bits per heavy atom. The summed E-state index contributed by atoms with van der Waals surface area (Å²) in [7, 11) is 3.51. The highest BCUT2D eigenvalue weighted by atomic mass is 31.1. The highest BCUT2D eigenvalue weighted by molar-refractivity contribution is 7.80. The third-order valence-electron chi connectivity index (χ3n) is 6.62. The molecule has 44 heavy (non-hydrogen) atoms. The number of phenols is 1. The smallest absolute Gasteiger partial charge is 0.200 e. The van der Waals surface area contributed by atoms with Gasteiger partial charge >= 0.3 is 0 Å². The molecule has 13 heteroatoms. The Labute approximate surface area is 251 Å². The van der Waals surface area contributed by atoms with Crippen LogP contribution in [0, 0.1) is 29.1 Å². The van der Waals surface area contributed by atoms with Crippen LogP contribution in [0.25, 0.3) is 11.1 Å². The van der Waals surface area contributed by atoms with E-state index in [4.69, 9.17) is 23.7 Å². The minimum Gasteiger partial charge on any atom is -0.507 e. The van der Waals surface area contributed by atoms with Crippen molar-refractivity contribution in [2.24, 2.45) is 0 Å². The van der Waals surface area contributed by atoms with E-state index in [1.807, 2.05) is 0 Å². The van der Waals surface area contributed by atoms with Crippen LogP contribution in [0.5, 0.6) is 28.7 Å². The molecular formula is C31H28F5O7P. The lowest BCUT2D eigenvalue weighted by Gasteiger charge is -2.28. The Balaban J connectivity index is 2.21. The minimum atomic E-state index is -2.34. The van der Waals surface area contributed by atoms with Gasteiger partial charge in [-0.15, -0.1) is 0 Å². The van der Waals surface area contributed by atoms with E-state index in [-0.39, 0.29) is 30.7 Å². The van der Waals surface area contributed by atoms with Gasteiger partial charge in [-0.2, -0.15) is 0 Å². The monoisotopic (exact) mass is 638 g/mol. The zero-order valence-corrected chi connectivity index (χ0v) is 24.9. The first-order valence-corrected chi connectivity index (χ1v) is 14.3. The Morgan fingerprint density at radius 2 is 1.09 bits per heavy atom. The van der Waals surface area contributed by atoms with Gasteiger partial charge in [-0.25, -0.2) is 22.0 Å². The fourth-order valence-corrected chi connectivity index (χ4v) is 7.55. The van der Waals surface area contributed by atoms with Crippen LogP contribution in [0.1, 0.15) is 5.56 Å². The van der Waals surface area contributed by atoms with Gasteiger partial charge in [-0.3, -0.25) is 0 Å². The summed E-state index contributed by atoms with van der Waals surface area (Å²) in [4.78, 5) is 0. The Morgan fingerprint density at radius 1 is 0.659 bits per heavy atom. The molecule has 0 aromatic heterocycles. The second-order valence-corrected chi connectivity index (χ2v) is 11.1. The van der Waals surface area contributed by atoms with Crippen LogP contribution in [0.3, 0.4) is 0 Å². The third-order valence-corrected chi connectivity index (χ3v) is 9.22. The number of phenolic OH excluding ortho intramolecular Hbond substituents is 1. The average molecular weight is 639 g/mol. The summed E-state index contributed by atoms with van der Waals surface area (Å²) in [6.45, 7) is -0.728. The van der Waals surface area contributed by atoms with Crippen molar-refractivity contribution in [3.05, 3.63) is 83.2 Å². The van der Waals surface area contributed by atoms with Crippen molar-refractivity contribution < 1.29 is 55.8 Å². The maximum Gasteiger partial charge on any atom is 0.200 e. The third kappa shape index (κ3) is 5.97. The zero-order valence-electron chi connectivity index (χ0n) is 24.0. The maximum atomic E-state index is 15.2. The number of hydrogen-bond donors (Lipinski definition) is 2. The number of aliphatic hydroxyl groups excluding tert-OH is 1. The van der Waals surface area contributed by atoms with Gasteiger partial charge in [-0.1, -0.05) is 12.1 Å². The molecule has 0 aliphatic rings. The first-order chi connectivity index (χ1) is 21.1. The van der Waals surface area contributed by atoms with Crippen molar-refractivity contribution in [2.75, 3.05) is 41.7 Å². The first kappa shape index (κ1) is 32.8. The number of rotatable bonds is 12. The van der Waals surface area contributed by atoms with Crippen molar-refractivity contribution in [3.8, 4) is 39.9 Å². The Hall–Kier alpha value is -4.12. The van der Waals surface area contributed by atoms with E-state index < -0.39 is 53.9 Å². The van der Waals surface area contributed by atoms with E-state index in [9.17, 15) is 23.4 Å². The van der Waals surface area contributed by atoms with E-state index in [2.05, 4.69) is 0 Å². The van der Waals surface area contributed by atoms with Crippen molar-refractivity contribution >= 4 is 23.8 Å². The number of aromatic hydroxyl groups is 1. The summed E-state index contributed by atoms with van der Waals surface area (Å²) < 4.78 is 101. The molecule has 2 N–H and O–H groups in total. The van der Waals surface area contributed by atoms with E-state index in [0.717, 1.165) is 6.07 Å². The first-order valence-electron chi connectivity index (χ1n) is 12.9. The highest BCUT2D eigenvalue weighted by Gasteiger charge is 2.35. The van der Waals surface area contributed by atoms with E-state index in [1.165, 1.54) is 34.5 Å². The van der Waals surface area contributed by atoms with Crippen molar-refractivity contribution in [2.45, 2.75) is 6.61 Å². The molecule has 0 saturated heterocycles. The van der Waals surface area contributed by atoms with Gasteiger partial charge in [0.15, 0.2) is 23.3 Å². The van der Waals surface area contributed by atoms with Crippen LogP contribution in [-0.4, -0.2) is 51.9 Å². The number of halogens is 5. The second-order valence-electron chi connectivity index (χ2n) is 9.09. The zero-order chi connectivity index (χ0) is 32.1. The van der Waals surface area contributed by atoms with E-state index >= 15 is 8.78 Å². The molecule has 0 amide bonds. The molecule has 234 valence electrons. The molecule has 0 heterocycles. The molecule has 4 rings (SSSR count). The van der Waals surface area contributed by atoms with Gasteiger partial charge in [0.25, 0.3) is 0 Å². The van der Waals surface area contributed by atoms with Crippen molar-refractivity contribution in [1.82, 2.24) is 0 Å². The Kier molecular flexibility index (Phi) is 10.5. The fraction of sp³-hybridized carbons (Fsp3) is 0.226. The molecular weight excluding hydrogens is 610 g/mol. The van der Waals surface area contributed by atoms with Crippen LogP contribution >= 0.6 is 7.92 Å². The van der Waals surface area contributed by atoms with Crippen LogP contribution in [0.15, 0.2) is 48.5 Å². The van der Waals surface area contributed by atoms with Crippen LogP contribution in [0.4, 0.5) is 22.0 Å². The number of benzene rings is 4. The molecule has 0 bridgehead atoms.